The van der Waals surface area contributed by atoms with Gasteiger partial charge in [0.2, 0.25) is 5.91 Å². The van der Waals surface area contributed by atoms with Gasteiger partial charge in [0.15, 0.2) is 0 Å². The van der Waals surface area contributed by atoms with Gasteiger partial charge < -0.3 is 15.4 Å². The molecule has 0 saturated heterocycles. The highest BCUT2D eigenvalue weighted by Crippen LogP contribution is 2.10. The Morgan fingerprint density at radius 3 is 2.23 bits per heavy atom. The van der Waals surface area contributed by atoms with Crippen LogP contribution in [-0.4, -0.2) is 19.6 Å². The number of hydrogen-bond acceptors (Lipinski definition) is 3. The molecule has 0 fully saturated rings. The van der Waals surface area contributed by atoms with Gasteiger partial charge in [0.25, 0.3) is 0 Å². The van der Waals surface area contributed by atoms with Gasteiger partial charge in [-0.25, -0.2) is 4.39 Å². The maximum atomic E-state index is 12.8. The normalized spacial score (nSPS) is 10.3. The van der Waals surface area contributed by atoms with Crippen LogP contribution in [0.3, 0.4) is 0 Å². The van der Waals surface area contributed by atoms with E-state index in [1.165, 1.54) is 12.1 Å². The summed E-state index contributed by atoms with van der Waals surface area (Å²) in [5.74, 6) is 0.440. The molecule has 0 atom stereocenters. The Labute approximate surface area is 129 Å². The molecule has 22 heavy (non-hydrogen) atoms. The van der Waals surface area contributed by atoms with Gasteiger partial charge in [-0.2, -0.15) is 0 Å². The second kappa shape index (κ2) is 8.14. The van der Waals surface area contributed by atoms with Crippen molar-refractivity contribution in [3.63, 3.8) is 0 Å². The molecule has 116 valence electrons. The van der Waals surface area contributed by atoms with Crippen molar-refractivity contribution in [2.75, 3.05) is 13.7 Å². The highest BCUT2D eigenvalue weighted by atomic mass is 19.1. The van der Waals surface area contributed by atoms with Crippen LogP contribution in [0.25, 0.3) is 0 Å². The maximum Gasteiger partial charge on any atom is 0.234 e. The van der Waals surface area contributed by atoms with E-state index in [9.17, 15) is 9.18 Å². The molecule has 1 amide bonds. The fraction of sp³-hybridized carbons (Fsp3) is 0.235. The summed E-state index contributed by atoms with van der Waals surface area (Å²) in [6.07, 6.45) is 0. The summed E-state index contributed by atoms with van der Waals surface area (Å²) in [4.78, 5) is 11.7. The van der Waals surface area contributed by atoms with E-state index in [0.717, 1.165) is 16.9 Å². The van der Waals surface area contributed by atoms with Crippen molar-refractivity contribution in [3.05, 3.63) is 65.5 Å². The molecule has 0 aliphatic carbocycles. The number of rotatable bonds is 7. The Morgan fingerprint density at radius 2 is 1.59 bits per heavy atom. The minimum Gasteiger partial charge on any atom is -0.497 e. The zero-order valence-electron chi connectivity index (χ0n) is 12.4. The molecule has 0 aromatic heterocycles. The summed E-state index contributed by atoms with van der Waals surface area (Å²) >= 11 is 0. The number of carbonyl (C=O) groups is 1. The van der Waals surface area contributed by atoms with E-state index >= 15 is 0 Å². The van der Waals surface area contributed by atoms with Crippen molar-refractivity contribution in [1.82, 2.24) is 10.6 Å². The van der Waals surface area contributed by atoms with E-state index in [0.29, 0.717) is 13.1 Å². The first-order valence-electron chi connectivity index (χ1n) is 7.02. The number of ether oxygens (including phenoxy) is 1. The number of nitrogens with one attached hydrogen (secondary N) is 2. The molecule has 0 radical (unpaired) electrons. The summed E-state index contributed by atoms with van der Waals surface area (Å²) in [5.41, 5.74) is 1.94. The quantitative estimate of drug-likeness (QED) is 0.825. The van der Waals surface area contributed by atoms with Crippen LogP contribution in [0.5, 0.6) is 5.75 Å². The van der Waals surface area contributed by atoms with Crippen molar-refractivity contribution >= 4 is 5.91 Å². The van der Waals surface area contributed by atoms with Gasteiger partial charge in [0.1, 0.15) is 11.6 Å². The molecule has 0 aliphatic heterocycles. The summed E-state index contributed by atoms with van der Waals surface area (Å²) in [5, 5.41) is 5.85. The molecule has 0 heterocycles. The number of benzene rings is 2. The fourth-order valence-corrected chi connectivity index (χ4v) is 1.93. The van der Waals surface area contributed by atoms with E-state index < -0.39 is 0 Å². The van der Waals surface area contributed by atoms with Crippen LogP contribution in [0.15, 0.2) is 48.5 Å². The predicted molar refractivity (Wildman–Crippen MR) is 82.9 cm³/mol. The molecule has 2 N–H and O–H groups in total. The lowest BCUT2D eigenvalue weighted by Crippen LogP contribution is -2.33. The van der Waals surface area contributed by atoms with Gasteiger partial charge in [-0.05, 0) is 35.4 Å². The Kier molecular flexibility index (Phi) is 5.91. The third kappa shape index (κ3) is 5.18. The predicted octanol–water partition coefficient (Wildman–Crippen LogP) is 2.24. The first-order valence-corrected chi connectivity index (χ1v) is 7.02. The smallest absolute Gasteiger partial charge is 0.234 e. The molecular weight excluding hydrogens is 283 g/mol. The molecule has 2 rings (SSSR count). The summed E-state index contributed by atoms with van der Waals surface area (Å²) in [7, 11) is 1.61. The van der Waals surface area contributed by atoms with Crippen molar-refractivity contribution in [1.29, 1.82) is 0 Å². The van der Waals surface area contributed by atoms with Crippen LogP contribution < -0.4 is 15.4 Å². The van der Waals surface area contributed by atoms with Crippen molar-refractivity contribution in [2.45, 2.75) is 13.1 Å². The first-order chi connectivity index (χ1) is 10.7. The van der Waals surface area contributed by atoms with Gasteiger partial charge in [-0.3, -0.25) is 4.79 Å². The number of carbonyl (C=O) groups excluding carboxylic acids is 1. The second-order valence-corrected chi connectivity index (χ2v) is 4.85. The number of amides is 1. The Bertz CT molecular complexity index is 597. The van der Waals surface area contributed by atoms with E-state index in [1.54, 1.807) is 19.2 Å². The van der Waals surface area contributed by atoms with E-state index in [4.69, 9.17) is 4.74 Å². The fourth-order valence-electron chi connectivity index (χ4n) is 1.93. The third-order valence-corrected chi connectivity index (χ3v) is 3.18. The van der Waals surface area contributed by atoms with Crippen LogP contribution in [0.4, 0.5) is 4.39 Å². The molecule has 2 aromatic carbocycles. The lowest BCUT2D eigenvalue weighted by atomic mass is 10.2. The van der Waals surface area contributed by atoms with Crippen molar-refractivity contribution in [3.8, 4) is 5.75 Å². The summed E-state index contributed by atoms with van der Waals surface area (Å²) in [6, 6.07) is 13.7. The zero-order valence-corrected chi connectivity index (χ0v) is 12.4. The number of methoxy groups -OCH3 is 1. The van der Waals surface area contributed by atoms with Crippen LogP contribution >= 0.6 is 0 Å². The molecule has 0 unspecified atom stereocenters. The molecular formula is C17H19FN2O2. The van der Waals surface area contributed by atoms with Gasteiger partial charge in [0.05, 0.1) is 13.7 Å². The molecule has 0 saturated carbocycles. The van der Waals surface area contributed by atoms with Gasteiger partial charge >= 0.3 is 0 Å². The van der Waals surface area contributed by atoms with Crippen LogP contribution in [0.2, 0.25) is 0 Å². The van der Waals surface area contributed by atoms with Crippen LogP contribution in [0.1, 0.15) is 11.1 Å². The first kappa shape index (κ1) is 16.0. The van der Waals surface area contributed by atoms with E-state index in [1.807, 2.05) is 24.3 Å². The summed E-state index contributed by atoms with van der Waals surface area (Å²) in [6.45, 7) is 1.21. The average molecular weight is 302 g/mol. The minimum atomic E-state index is -0.263. The van der Waals surface area contributed by atoms with Crippen LogP contribution in [0, 0.1) is 5.82 Å². The zero-order chi connectivity index (χ0) is 15.8. The van der Waals surface area contributed by atoms with E-state index in [-0.39, 0.29) is 18.3 Å². The Balaban J connectivity index is 1.68. The molecule has 0 aliphatic rings. The average Bonchev–Trinajstić information content (AvgIpc) is 2.55. The highest BCUT2D eigenvalue weighted by Gasteiger charge is 2.02. The van der Waals surface area contributed by atoms with Gasteiger partial charge in [-0.15, -0.1) is 0 Å². The summed E-state index contributed by atoms with van der Waals surface area (Å²) < 4.78 is 17.8. The van der Waals surface area contributed by atoms with Gasteiger partial charge in [0, 0.05) is 13.1 Å². The molecule has 4 nitrogen and oxygen atoms in total. The third-order valence-electron chi connectivity index (χ3n) is 3.18. The van der Waals surface area contributed by atoms with Crippen molar-refractivity contribution < 1.29 is 13.9 Å². The van der Waals surface area contributed by atoms with Crippen LogP contribution in [-0.2, 0) is 17.9 Å². The molecule has 2 aromatic rings. The SMILES string of the molecule is COc1ccc(CNC(=O)CNCc2ccc(F)cc2)cc1. The van der Waals surface area contributed by atoms with Gasteiger partial charge in [-0.1, -0.05) is 24.3 Å². The largest absolute Gasteiger partial charge is 0.497 e. The lowest BCUT2D eigenvalue weighted by molar-refractivity contribution is -0.120. The standard InChI is InChI=1S/C17H19FN2O2/c1-22-16-8-4-14(5-9-16)11-20-17(21)12-19-10-13-2-6-15(18)7-3-13/h2-9,19H,10-12H2,1H3,(H,20,21). The number of hydrogen-bond donors (Lipinski definition) is 2. The maximum absolute atomic E-state index is 12.8. The molecule has 0 spiro atoms. The topological polar surface area (TPSA) is 50.4 Å². The highest BCUT2D eigenvalue weighted by molar-refractivity contribution is 5.77. The Hall–Kier alpha value is -2.40. The lowest BCUT2D eigenvalue weighted by Gasteiger charge is -2.08. The molecule has 5 heteroatoms. The Morgan fingerprint density at radius 1 is 1.00 bits per heavy atom. The van der Waals surface area contributed by atoms with Crippen molar-refractivity contribution in [2.24, 2.45) is 0 Å². The monoisotopic (exact) mass is 302 g/mol. The van der Waals surface area contributed by atoms with E-state index in [2.05, 4.69) is 10.6 Å². The molecule has 0 bridgehead atoms. The number of halogens is 1. The second-order valence-electron chi connectivity index (χ2n) is 4.85. The minimum absolute atomic E-state index is 0.0853.